The topological polar surface area (TPSA) is 108 Å². The Balaban J connectivity index is 1.61. The van der Waals surface area contributed by atoms with Crippen LogP contribution in [0.25, 0.3) is 0 Å². The van der Waals surface area contributed by atoms with Crippen LogP contribution in [0.1, 0.15) is 48.9 Å². The van der Waals surface area contributed by atoms with Crippen LogP contribution in [0.5, 0.6) is 0 Å². The molecule has 0 spiro atoms. The molecule has 42 heavy (non-hydrogen) atoms. The van der Waals surface area contributed by atoms with Gasteiger partial charge in [0.15, 0.2) is 0 Å². The average molecular weight is 577 g/mol. The molecule has 1 amide bonds. The Kier molecular flexibility index (Phi) is 9.72. The number of anilines is 1. The largest absolute Gasteiger partial charge is 0.457 e. The molecule has 0 aliphatic carbocycles. The summed E-state index contributed by atoms with van der Waals surface area (Å²) in [6.45, 7) is -0.523. The van der Waals surface area contributed by atoms with Gasteiger partial charge in [-0.05, 0) is 41.0 Å². The Morgan fingerprint density at radius 1 is 0.714 bits per heavy atom. The SMILES string of the molecule is NCC(C(=O)Nc1cc(C(=O)OCc2ccccc2)cc(C(=O)OCc2ccccc2)c1)c1ccccc1C(F)(F)F. The summed E-state index contributed by atoms with van der Waals surface area (Å²) in [5, 5.41) is 2.51. The molecule has 0 fully saturated rings. The summed E-state index contributed by atoms with van der Waals surface area (Å²) >= 11 is 0. The van der Waals surface area contributed by atoms with Gasteiger partial charge in [0.2, 0.25) is 5.91 Å². The highest BCUT2D eigenvalue weighted by Crippen LogP contribution is 2.35. The molecule has 0 aromatic heterocycles. The summed E-state index contributed by atoms with van der Waals surface area (Å²) in [6, 6.07) is 26.3. The van der Waals surface area contributed by atoms with E-state index in [1.54, 1.807) is 48.5 Å². The molecule has 0 heterocycles. The molecular weight excluding hydrogens is 549 g/mol. The van der Waals surface area contributed by atoms with Crippen LogP contribution in [0.4, 0.5) is 18.9 Å². The molecule has 0 bridgehead atoms. The van der Waals surface area contributed by atoms with Crippen LogP contribution in [0, 0.1) is 0 Å². The first kappa shape index (κ1) is 30.0. The summed E-state index contributed by atoms with van der Waals surface area (Å²) in [7, 11) is 0. The van der Waals surface area contributed by atoms with E-state index in [1.807, 2.05) is 12.1 Å². The number of hydrogen-bond acceptors (Lipinski definition) is 6. The van der Waals surface area contributed by atoms with E-state index in [0.29, 0.717) is 0 Å². The maximum absolute atomic E-state index is 13.6. The predicted octanol–water partition coefficient (Wildman–Crippen LogP) is 6.10. The lowest BCUT2D eigenvalue weighted by Gasteiger charge is -2.20. The Morgan fingerprint density at radius 3 is 1.67 bits per heavy atom. The second kappa shape index (κ2) is 13.6. The first-order valence-electron chi connectivity index (χ1n) is 12.9. The normalized spacial score (nSPS) is 11.8. The number of rotatable bonds is 10. The number of nitrogens with two attached hydrogens (primary N) is 1. The molecule has 7 nitrogen and oxygen atoms in total. The van der Waals surface area contributed by atoms with E-state index >= 15 is 0 Å². The van der Waals surface area contributed by atoms with Gasteiger partial charge in [-0.2, -0.15) is 13.2 Å². The van der Waals surface area contributed by atoms with Gasteiger partial charge in [0.05, 0.1) is 22.6 Å². The molecular formula is C32H27F3N2O5. The van der Waals surface area contributed by atoms with Crippen molar-refractivity contribution in [2.24, 2.45) is 5.73 Å². The van der Waals surface area contributed by atoms with Gasteiger partial charge in [-0.3, -0.25) is 4.79 Å². The maximum Gasteiger partial charge on any atom is 0.416 e. The van der Waals surface area contributed by atoms with Crippen molar-refractivity contribution in [3.8, 4) is 0 Å². The second-order valence-electron chi connectivity index (χ2n) is 9.29. The fraction of sp³-hybridized carbons (Fsp3) is 0.156. The van der Waals surface area contributed by atoms with Gasteiger partial charge in [0.1, 0.15) is 13.2 Å². The minimum absolute atomic E-state index is 0.0243. The maximum atomic E-state index is 13.6. The summed E-state index contributed by atoms with van der Waals surface area (Å²) in [4.78, 5) is 39.1. The van der Waals surface area contributed by atoms with Crippen LogP contribution in [-0.2, 0) is 33.7 Å². The second-order valence-corrected chi connectivity index (χ2v) is 9.29. The molecule has 4 rings (SSSR count). The third-order valence-corrected chi connectivity index (χ3v) is 6.29. The molecule has 216 valence electrons. The summed E-state index contributed by atoms with van der Waals surface area (Å²) in [5.41, 5.74) is 5.74. The van der Waals surface area contributed by atoms with Crippen molar-refractivity contribution in [2.45, 2.75) is 25.3 Å². The molecule has 3 N–H and O–H groups in total. The van der Waals surface area contributed by atoms with E-state index in [0.717, 1.165) is 17.2 Å². The lowest BCUT2D eigenvalue weighted by molar-refractivity contribution is -0.138. The Labute approximate surface area is 240 Å². The number of carbonyl (C=O) groups excluding carboxylic acids is 3. The predicted molar refractivity (Wildman–Crippen MR) is 149 cm³/mol. The molecule has 0 aliphatic heterocycles. The van der Waals surface area contributed by atoms with Crippen molar-refractivity contribution in [3.05, 3.63) is 137 Å². The number of benzene rings is 4. The van der Waals surface area contributed by atoms with Crippen molar-refractivity contribution in [2.75, 3.05) is 11.9 Å². The lowest BCUT2D eigenvalue weighted by atomic mass is 9.93. The minimum atomic E-state index is -4.71. The standard InChI is InChI=1S/C32H27F3N2O5/c33-32(34,35)28-14-8-7-13-26(28)27(18-36)29(38)37-25-16-23(30(39)41-19-21-9-3-1-4-10-21)15-24(17-25)31(40)42-20-22-11-5-2-6-12-22/h1-17,27H,18-20,36H2,(H,37,38). The number of nitrogens with one attached hydrogen (secondary N) is 1. The van der Waals surface area contributed by atoms with Gasteiger partial charge in [0.25, 0.3) is 0 Å². The number of esters is 2. The highest BCUT2D eigenvalue weighted by Gasteiger charge is 2.36. The zero-order chi connectivity index (χ0) is 30.1. The highest BCUT2D eigenvalue weighted by atomic mass is 19.4. The fourth-order valence-corrected chi connectivity index (χ4v) is 4.21. The fourth-order valence-electron chi connectivity index (χ4n) is 4.21. The van der Waals surface area contributed by atoms with Gasteiger partial charge in [-0.15, -0.1) is 0 Å². The van der Waals surface area contributed by atoms with Crippen molar-refractivity contribution < 1.29 is 37.0 Å². The summed E-state index contributed by atoms with van der Waals surface area (Å²) in [6.07, 6.45) is -4.71. The monoisotopic (exact) mass is 576 g/mol. The molecule has 4 aromatic carbocycles. The van der Waals surface area contributed by atoms with Crippen LogP contribution in [0.2, 0.25) is 0 Å². The van der Waals surface area contributed by atoms with Crippen molar-refractivity contribution in [1.82, 2.24) is 0 Å². The van der Waals surface area contributed by atoms with Gasteiger partial charge >= 0.3 is 18.1 Å². The zero-order valence-electron chi connectivity index (χ0n) is 22.3. The molecule has 0 saturated heterocycles. The molecule has 0 aliphatic rings. The Bertz CT molecular complexity index is 1470. The van der Waals surface area contributed by atoms with Crippen LogP contribution in [0.15, 0.2) is 103 Å². The first-order chi connectivity index (χ1) is 20.2. The number of halogens is 3. The van der Waals surface area contributed by atoms with E-state index in [1.165, 1.54) is 36.4 Å². The molecule has 4 aromatic rings. The molecule has 0 radical (unpaired) electrons. The quantitative estimate of drug-likeness (QED) is 0.221. The van der Waals surface area contributed by atoms with E-state index in [4.69, 9.17) is 15.2 Å². The third kappa shape index (κ3) is 7.82. The van der Waals surface area contributed by atoms with Crippen molar-refractivity contribution >= 4 is 23.5 Å². The van der Waals surface area contributed by atoms with Crippen LogP contribution >= 0.6 is 0 Å². The number of ether oxygens (including phenoxy) is 2. The van der Waals surface area contributed by atoms with E-state index in [-0.39, 0.29) is 35.6 Å². The van der Waals surface area contributed by atoms with Gasteiger partial charge in [-0.25, -0.2) is 9.59 Å². The molecule has 1 unspecified atom stereocenters. The first-order valence-corrected chi connectivity index (χ1v) is 12.9. The lowest BCUT2D eigenvalue weighted by Crippen LogP contribution is -2.29. The zero-order valence-corrected chi connectivity index (χ0v) is 22.3. The van der Waals surface area contributed by atoms with E-state index < -0.39 is 42.0 Å². The van der Waals surface area contributed by atoms with E-state index in [9.17, 15) is 27.6 Å². The highest BCUT2D eigenvalue weighted by molar-refractivity contribution is 6.01. The van der Waals surface area contributed by atoms with Crippen molar-refractivity contribution in [3.63, 3.8) is 0 Å². The van der Waals surface area contributed by atoms with Gasteiger partial charge in [-0.1, -0.05) is 78.9 Å². The summed E-state index contributed by atoms with van der Waals surface area (Å²) < 4.78 is 51.7. The van der Waals surface area contributed by atoms with Crippen LogP contribution in [-0.4, -0.2) is 24.4 Å². The third-order valence-electron chi connectivity index (χ3n) is 6.29. The smallest absolute Gasteiger partial charge is 0.416 e. The molecule has 0 saturated carbocycles. The number of alkyl halides is 3. The molecule has 1 atom stereocenters. The van der Waals surface area contributed by atoms with Crippen LogP contribution < -0.4 is 11.1 Å². The Morgan fingerprint density at radius 2 is 1.19 bits per heavy atom. The van der Waals surface area contributed by atoms with Crippen LogP contribution in [0.3, 0.4) is 0 Å². The molecule has 10 heteroatoms. The van der Waals surface area contributed by atoms with Crippen molar-refractivity contribution in [1.29, 1.82) is 0 Å². The van der Waals surface area contributed by atoms with Gasteiger partial charge < -0.3 is 20.5 Å². The average Bonchev–Trinajstić information content (AvgIpc) is 2.99. The van der Waals surface area contributed by atoms with E-state index in [2.05, 4.69) is 5.32 Å². The Hall–Kier alpha value is -4.96. The number of hydrogen-bond donors (Lipinski definition) is 2. The number of carbonyl (C=O) groups is 3. The van der Waals surface area contributed by atoms with Gasteiger partial charge in [0, 0.05) is 12.2 Å². The number of amides is 1. The minimum Gasteiger partial charge on any atom is -0.457 e. The summed E-state index contributed by atoms with van der Waals surface area (Å²) in [5.74, 6) is -3.80.